The van der Waals surface area contributed by atoms with Gasteiger partial charge < -0.3 is 9.64 Å². The molecule has 13 heteroatoms. The number of carbonyl (C=O) groups is 2. The molecule has 4 aliphatic heterocycles. The molecule has 0 bridgehead atoms. The third-order valence-electron chi connectivity index (χ3n) is 8.92. The summed E-state index contributed by atoms with van der Waals surface area (Å²) in [5, 5.41) is 5.86. The summed E-state index contributed by atoms with van der Waals surface area (Å²) >= 11 is 6.34. The third-order valence-corrected chi connectivity index (χ3v) is 9.20. The largest absolute Gasteiger partial charge is 0.447 e. The van der Waals surface area contributed by atoms with Gasteiger partial charge in [-0.2, -0.15) is 13.2 Å². The molecule has 5 aliphatic rings. The number of cyclic esters (lactones) is 1. The van der Waals surface area contributed by atoms with Crippen LogP contribution in [0.25, 0.3) is 0 Å². The molecule has 0 aromatic rings. The lowest BCUT2D eigenvalue weighted by Crippen LogP contribution is -2.70. The molecule has 204 valence electrons. The first-order valence-corrected chi connectivity index (χ1v) is 13.4. The van der Waals surface area contributed by atoms with E-state index in [1.165, 1.54) is 14.1 Å². The van der Waals surface area contributed by atoms with E-state index < -0.39 is 36.2 Å². The zero-order valence-electron chi connectivity index (χ0n) is 20.7. The smallest absolute Gasteiger partial charge is 0.410 e. The normalized spacial score (nSPS) is 38.9. The predicted molar refractivity (Wildman–Crippen MR) is 126 cm³/mol. The van der Waals surface area contributed by atoms with Crippen LogP contribution in [0.15, 0.2) is 0 Å². The molecular weight excluding hydrogens is 501 g/mol. The molecule has 36 heavy (non-hydrogen) atoms. The van der Waals surface area contributed by atoms with Crippen LogP contribution in [0, 0.1) is 5.92 Å². The minimum Gasteiger partial charge on any atom is -0.447 e. The van der Waals surface area contributed by atoms with E-state index in [0.29, 0.717) is 37.8 Å². The van der Waals surface area contributed by atoms with Gasteiger partial charge in [0.2, 0.25) is 5.91 Å². The molecule has 5 rings (SSSR count). The number of likely N-dealkylation sites (tertiary alicyclic amines) is 1. The SMILES string of the molecule is CN(C(=O)[C@@H]1COC(=O)N1C)[C@@H](C1CCC(N2CCCC3C2CNC2CC(Cl)NN23)CC1)C(F)(F)F. The van der Waals surface area contributed by atoms with Crippen molar-refractivity contribution in [3.63, 3.8) is 0 Å². The van der Waals surface area contributed by atoms with Crippen molar-refractivity contribution in [2.24, 2.45) is 5.92 Å². The molecule has 1 saturated carbocycles. The van der Waals surface area contributed by atoms with Crippen LogP contribution in [0.3, 0.4) is 0 Å². The van der Waals surface area contributed by atoms with Crippen molar-refractivity contribution in [2.75, 3.05) is 33.8 Å². The Hall–Kier alpha value is -1.34. The van der Waals surface area contributed by atoms with Gasteiger partial charge in [-0.3, -0.25) is 19.9 Å². The quantitative estimate of drug-likeness (QED) is 0.420. The van der Waals surface area contributed by atoms with E-state index in [9.17, 15) is 22.8 Å². The summed E-state index contributed by atoms with van der Waals surface area (Å²) < 4.78 is 47.6. The standard InChI is InChI=1S/C23H36ClF3N6O3/c1-30-17(12-36-22(30)35)21(34)31(2)20(23(25,26)27)13-5-7-14(8-6-13)32-9-3-4-15-16(32)11-28-19-10-18(24)29-33(15)19/h13-20,28-29H,3-12H2,1-2H3/t13?,14?,15?,16?,17-,18?,19?,20-/m0/s1. The van der Waals surface area contributed by atoms with Gasteiger partial charge in [-0.15, -0.1) is 11.6 Å². The molecule has 0 spiro atoms. The van der Waals surface area contributed by atoms with Crippen LogP contribution in [0.2, 0.25) is 0 Å². The van der Waals surface area contributed by atoms with Crippen LogP contribution in [0.4, 0.5) is 18.0 Å². The van der Waals surface area contributed by atoms with E-state index in [-0.39, 0.29) is 24.3 Å². The monoisotopic (exact) mass is 536 g/mol. The second kappa shape index (κ2) is 10.1. The Kier molecular flexibility index (Phi) is 7.36. The van der Waals surface area contributed by atoms with Gasteiger partial charge in [0.1, 0.15) is 18.7 Å². The number of nitrogens with zero attached hydrogens (tertiary/aromatic N) is 4. The summed E-state index contributed by atoms with van der Waals surface area (Å²) in [6, 6.07) is -2.04. The summed E-state index contributed by atoms with van der Waals surface area (Å²) in [6.45, 7) is 1.58. The summed E-state index contributed by atoms with van der Waals surface area (Å²) in [5.41, 5.74) is 3.30. The second-order valence-electron chi connectivity index (χ2n) is 10.9. The molecule has 6 atom stereocenters. The number of hydrogen-bond donors (Lipinski definition) is 2. The maximum absolute atomic E-state index is 14.3. The maximum atomic E-state index is 14.3. The zero-order chi connectivity index (χ0) is 25.8. The zero-order valence-corrected chi connectivity index (χ0v) is 21.5. The van der Waals surface area contributed by atoms with Crippen molar-refractivity contribution in [1.82, 2.24) is 30.5 Å². The minimum atomic E-state index is -4.55. The van der Waals surface area contributed by atoms with Gasteiger partial charge >= 0.3 is 12.3 Å². The van der Waals surface area contributed by atoms with Gasteiger partial charge in [0.05, 0.1) is 11.7 Å². The number of hydrazine groups is 1. The Bertz CT molecular complexity index is 844. The number of nitrogens with one attached hydrogen (secondary N) is 2. The van der Waals surface area contributed by atoms with Crippen LogP contribution >= 0.6 is 11.6 Å². The van der Waals surface area contributed by atoms with E-state index in [1.807, 2.05) is 0 Å². The summed E-state index contributed by atoms with van der Waals surface area (Å²) in [7, 11) is 2.58. The van der Waals surface area contributed by atoms with Gasteiger partial charge in [-0.25, -0.2) is 15.2 Å². The van der Waals surface area contributed by atoms with Crippen LogP contribution < -0.4 is 10.7 Å². The molecule has 5 fully saturated rings. The highest BCUT2D eigenvalue weighted by atomic mass is 35.5. The number of carbonyl (C=O) groups excluding carboxylic acids is 2. The number of ether oxygens (including phenoxy) is 1. The topological polar surface area (TPSA) is 80.4 Å². The Morgan fingerprint density at radius 3 is 2.56 bits per heavy atom. The Morgan fingerprint density at radius 1 is 1.19 bits per heavy atom. The molecule has 0 aromatic carbocycles. The Labute approximate surface area is 214 Å². The Morgan fingerprint density at radius 2 is 1.92 bits per heavy atom. The van der Waals surface area contributed by atoms with E-state index in [1.54, 1.807) is 0 Å². The van der Waals surface area contributed by atoms with Crippen LogP contribution in [-0.4, -0.2) is 114 Å². The highest BCUT2D eigenvalue weighted by molar-refractivity contribution is 6.20. The molecule has 0 aromatic heterocycles. The second-order valence-corrected chi connectivity index (χ2v) is 11.4. The number of alkyl halides is 4. The van der Waals surface area contributed by atoms with Gasteiger partial charge in [0.15, 0.2) is 0 Å². The number of likely N-dealkylation sites (N-methyl/N-ethyl adjacent to an activating group) is 2. The fourth-order valence-electron chi connectivity index (χ4n) is 7.12. The minimum absolute atomic E-state index is 0.0835. The van der Waals surface area contributed by atoms with Gasteiger partial charge in [-0.05, 0) is 51.0 Å². The van der Waals surface area contributed by atoms with E-state index in [4.69, 9.17) is 16.3 Å². The number of amides is 2. The van der Waals surface area contributed by atoms with Crippen molar-refractivity contribution in [1.29, 1.82) is 0 Å². The van der Waals surface area contributed by atoms with Crippen molar-refractivity contribution >= 4 is 23.6 Å². The van der Waals surface area contributed by atoms with Crippen LogP contribution in [0.5, 0.6) is 0 Å². The Balaban J connectivity index is 1.23. The molecule has 4 unspecified atom stereocenters. The molecule has 2 amide bonds. The number of hydrogen-bond acceptors (Lipinski definition) is 7. The van der Waals surface area contributed by atoms with Crippen LogP contribution in [0.1, 0.15) is 44.9 Å². The highest BCUT2D eigenvalue weighted by Crippen LogP contribution is 2.41. The third kappa shape index (κ3) is 4.79. The fraction of sp³-hybridized carbons (Fsp3) is 0.913. The highest BCUT2D eigenvalue weighted by Gasteiger charge is 2.53. The van der Waals surface area contributed by atoms with Crippen molar-refractivity contribution < 1.29 is 27.5 Å². The van der Waals surface area contributed by atoms with E-state index >= 15 is 0 Å². The molecule has 1 aliphatic carbocycles. The maximum Gasteiger partial charge on any atom is 0.410 e. The molecule has 4 saturated heterocycles. The van der Waals surface area contributed by atoms with E-state index in [2.05, 4.69) is 20.7 Å². The fourth-order valence-corrected chi connectivity index (χ4v) is 7.41. The lowest BCUT2D eigenvalue weighted by atomic mass is 9.78. The average molecular weight is 537 g/mol. The number of halogens is 4. The molecule has 4 heterocycles. The van der Waals surface area contributed by atoms with Crippen molar-refractivity contribution in [3.05, 3.63) is 0 Å². The lowest BCUT2D eigenvalue weighted by Gasteiger charge is -2.53. The molecule has 0 radical (unpaired) electrons. The first kappa shape index (κ1) is 26.3. The molecule has 2 N–H and O–H groups in total. The predicted octanol–water partition coefficient (Wildman–Crippen LogP) is 1.92. The summed E-state index contributed by atoms with van der Waals surface area (Å²) in [4.78, 5) is 28.9. The summed E-state index contributed by atoms with van der Waals surface area (Å²) in [6.07, 6.45) is 0.0955. The van der Waals surface area contributed by atoms with E-state index in [0.717, 1.165) is 42.2 Å². The molecular formula is C23H36ClF3N6O3. The number of piperidine rings is 1. The average Bonchev–Trinajstić information content (AvgIpc) is 3.39. The lowest BCUT2D eigenvalue weighted by molar-refractivity contribution is -0.202. The van der Waals surface area contributed by atoms with Gasteiger partial charge in [0.25, 0.3) is 0 Å². The first-order chi connectivity index (χ1) is 17.1. The summed E-state index contributed by atoms with van der Waals surface area (Å²) in [5.74, 6) is -1.41. The number of fused-ring (bicyclic) bond motifs is 3. The molecule has 9 nitrogen and oxygen atoms in total. The van der Waals surface area contributed by atoms with Crippen molar-refractivity contribution in [2.45, 2.75) is 93.0 Å². The van der Waals surface area contributed by atoms with Gasteiger partial charge in [-0.1, -0.05) is 0 Å². The van der Waals surface area contributed by atoms with Gasteiger partial charge in [0, 0.05) is 45.2 Å². The van der Waals surface area contributed by atoms with Crippen molar-refractivity contribution in [3.8, 4) is 0 Å². The van der Waals surface area contributed by atoms with Crippen LogP contribution in [-0.2, 0) is 9.53 Å². The first-order valence-electron chi connectivity index (χ1n) is 13.0. The number of rotatable bonds is 4.